The number of benzene rings is 1. The van der Waals surface area contributed by atoms with Gasteiger partial charge in [-0.05, 0) is 80.9 Å². The second-order valence-corrected chi connectivity index (χ2v) is 16.4. The van der Waals surface area contributed by atoms with E-state index in [1.165, 1.54) is 18.4 Å². The zero-order chi connectivity index (χ0) is 37.0. The van der Waals surface area contributed by atoms with Crippen molar-refractivity contribution in [3.05, 3.63) is 34.5 Å². The number of methoxy groups -OCH3 is 1. The van der Waals surface area contributed by atoms with Crippen LogP contribution < -0.4 is 20.1 Å². The summed E-state index contributed by atoms with van der Waals surface area (Å²) in [5.41, 5.74) is -0.0626. The predicted molar refractivity (Wildman–Crippen MR) is 192 cm³/mol. The third-order valence-electron chi connectivity index (χ3n) is 10.8. The number of amides is 3. The van der Waals surface area contributed by atoms with Crippen LogP contribution in [0.1, 0.15) is 85.8 Å². The van der Waals surface area contributed by atoms with Gasteiger partial charge in [-0.25, -0.2) is 14.6 Å². The number of rotatable bonds is 11. The molecule has 0 spiro atoms. The standard InChI is InChI=1S/C38H49ClN4O8/c1-8-22-17-38(22,35(46)47)42-33(44)27-16-25(50-29-15-23(11-19(2)3)40-31-26(29)9-10-28(49-7)30(31)39)18-43(27)34(45)32(37(4,5)6)41-36(48)51-24-13-20-12-21(20)14-24/h9-11,15,20-22,24-25,27,32H,8,12-14,16-18H2,1-7H3,(H,41,48)(H,42,44)(H,46,47)/t20-,21+,22-,24+,25-,27+,32-,38-/m1/s1. The van der Waals surface area contributed by atoms with E-state index in [4.69, 9.17) is 30.8 Å². The number of pyridine rings is 1. The van der Waals surface area contributed by atoms with Gasteiger partial charge in [0.2, 0.25) is 11.8 Å². The summed E-state index contributed by atoms with van der Waals surface area (Å²) in [5.74, 6) is -0.237. The van der Waals surface area contributed by atoms with E-state index in [1.54, 1.807) is 18.2 Å². The van der Waals surface area contributed by atoms with Gasteiger partial charge in [0.1, 0.15) is 46.4 Å². The van der Waals surface area contributed by atoms with Crippen molar-refractivity contribution in [3.63, 3.8) is 0 Å². The molecule has 12 nitrogen and oxygen atoms in total. The summed E-state index contributed by atoms with van der Waals surface area (Å²) in [6.07, 6.45) is 4.21. The Morgan fingerprint density at radius 2 is 1.80 bits per heavy atom. The first-order chi connectivity index (χ1) is 24.0. The van der Waals surface area contributed by atoms with Crippen LogP contribution in [0.4, 0.5) is 4.79 Å². The monoisotopic (exact) mass is 724 g/mol. The summed E-state index contributed by atoms with van der Waals surface area (Å²) in [4.78, 5) is 60.2. The maximum atomic E-state index is 14.5. The molecule has 3 N–H and O–H groups in total. The fourth-order valence-corrected chi connectivity index (χ4v) is 8.16. The lowest BCUT2D eigenvalue weighted by Gasteiger charge is -2.35. The van der Waals surface area contributed by atoms with E-state index in [1.807, 2.05) is 47.6 Å². The smallest absolute Gasteiger partial charge is 0.408 e. The summed E-state index contributed by atoms with van der Waals surface area (Å²) in [7, 11) is 1.52. The van der Waals surface area contributed by atoms with E-state index in [2.05, 4.69) is 10.6 Å². The molecule has 3 amide bonds. The molecule has 1 aromatic heterocycles. The first-order valence-electron chi connectivity index (χ1n) is 17.9. The van der Waals surface area contributed by atoms with E-state index in [-0.39, 0.29) is 25.0 Å². The third-order valence-corrected chi connectivity index (χ3v) is 11.2. The first kappa shape index (κ1) is 36.7. The third kappa shape index (κ3) is 7.47. The molecule has 3 aliphatic carbocycles. The highest BCUT2D eigenvalue weighted by molar-refractivity contribution is 6.36. The number of alkyl carbamates (subject to hydrolysis) is 1. The van der Waals surface area contributed by atoms with Crippen LogP contribution in [0.2, 0.25) is 5.02 Å². The minimum Gasteiger partial charge on any atom is -0.495 e. The average Bonchev–Trinajstić information content (AvgIpc) is 3.86. The number of carbonyl (C=O) groups excluding carboxylic acids is 3. The number of allylic oxidation sites excluding steroid dienone is 1. The van der Waals surface area contributed by atoms with E-state index in [9.17, 15) is 24.3 Å². The number of nitrogens with zero attached hydrogens (tertiary/aromatic N) is 2. The van der Waals surface area contributed by atoms with Gasteiger partial charge in [-0.2, -0.15) is 0 Å². The van der Waals surface area contributed by atoms with Crippen molar-refractivity contribution < 1.29 is 38.5 Å². The number of halogens is 1. The highest BCUT2D eigenvalue weighted by Gasteiger charge is 2.61. The fraction of sp³-hybridized carbons (Fsp3) is 0.605. The van der Waals surface area contributed by atoms with E-state index in [0.717, 1.165) is 18.4 Å². The number of nitrogens with one attached hydrogen (secondary N) is 2. The van der Waals surface area contributed by atoms with Crippen LogP contribution in [-0.2, 0) is 19.1 Å². The van der Waals surface area contributed by atoms with Gasteiger partial charge in [-0.1, -0.05) is 51.3 Å². The fourth-order valence-electron chi connectivity index (χ4n) is 7.87. The lowest BCUT2D eigenvalue weighted by molar-refractivity contribution is -0.146. The van der Waals surface area contributed by atoms with E-state index < -0.39 is 53.0 Å². The number of aromatic nitrogens is 1. The zero-order valence-corrected chi connectivity index (χ0v) is 31.1. The van der Waals surface area contributed by atoms with E-state index in [0.29, 0.717) is 57.8 Å². The lowest BCUT2D eigenvalue weighted by Crippen LogP contribution is -2.59. The van der Waals surface area contributed by atoms with Crippen molar-refractivity contribution >= 4 is 52.5 Å². The van der Waals surface area contributed by atoms with Gasteiger partial charge in [0, 0.05) is 17.9 Å². The van der Waals surface area contributed by atoms with Crippen LogP contribution in [0.15, 0.2) is 23.8 Å². The Labute approximate surface area is 303 Å². The Morgan fingerprint density at radius 3 is 2.39 bits per heavy atom. The van der Waals surface area contributed by atoms with Gasteiger partial charge in [0.15, 0.2) is 0 Å². The summed E-state index contributed by atoms with van der Waals surface area (Å²) in [5, 5.41) is 16.6. The molecule has 1 saturated heterocycles. The Hall–Kier alpha value is -4.06. The molecule has 0 radical (unpaired) electrons. The number of hydrogen-bond donors (Lipinski definition) is 3. The molecular formula is C38H49ClN4O8. The summed E-state index contributed by atoms with van der Waals surface area (Å²) in [6.45, 7) is 11.3. The molecule has 3 saturated carbocycles. The number of likely N-dealkylation sites (tertiary alicyclic amines) is 1. The highest BCUT2D eigenvalue weighted by Crippen LogP contribution is 2.52. The Kier molecular flexibility index (Phi) is 9.95. The number of carboxylic acids is 1. The van der Waals surface area contributed by atoms with Gasteiger partial charge < -0.3 is 34.9 Å². The topological polar surface area (TPSA) is 156 Å². The Morgan fingerprint density at radius 1 is 1.10 bits per heavy atom. The highest BCUT2D eigenvalue weighted by atomic mass is 35.5. The largest absolute Gasteiger partial charge is 0.495 e. The van der Waals surface area contributed by atoms with Crippen LogP contribution >= 0.6 is 11.6 Å². The zero-order valence-electron chi connectivity index (χ0n) is 30.4. The summed E-state index contributed by atoms with van der Waals surface area (Å²) >= 11 is 6.70. The van der Waals surface area contributed by atoms with Crippen molar-refractivity contribution in [1.29, 1.82) is 0 Å². The van der Waals surface area contributed by atoms with Crippen molar-refractivity contribution in [2.24, 2.45) is 23.2 Å². The second-order valence-electron chi connectivity index (χ2n) is 16.0. The van der Waals surface area contributed by atoms with Crippen molar-refractivity contribution in [2.75, 3.05) is 13.7 Å². The molecule has 1 aliphatic heterocycles. The van der Waals surface area contributed by atoms with Gasteiger partial charge in [-0.15, -0.1) is 0 Å². The number of ether oxygens (including phenoxy) is 3. The Balaban J connectivity index is 1.30. The molecule has 0 unspecified atom stereocenters. The van der Waals surface area contributed by atoms with Crippen LogP contribution in [0.5, 0.6) is 11.5 Å². The number of fused-ring (bicyclic) bond motifs is 2. The molecule has 6 rings (SSSR count). The number of carboxylic acid groups (broad SMARTS) is 1. The lowest BCUT2D eigenvalue weighted by atomic mass is 9.85. The molecule has 276 valence electrons. The summed E-state index contributed by atoms with van der Waals surface area (Å²) in [6, 6.07) is 3.21. The van der Waals surface area contributed by atoms with Crippen molar-refractivity contribution in [1.82, 2.24) is 20.5 Å². The van der Waals surface area contributed by atoms with E-state index >= 15 is 0 Å². The Bertz CT molecular complexity index is 1760. The first-order valence-corrected chi connectivity index (χ1v) is 18.2. The molecule has 2 heterocycles. The molecule has 4 fully saturated rings. The molecule has 4 aliphatic rings. The van der Waals surface area contributed by atoms with Crippen LogP contribution in [0.25, 0.3) is 17.0 Å². The molecule has 0 bridgehead atoms. The van der Waals surface area contributed by atoms with Gasteiger partial charge in [0.05, 0.1) is 24.9 Å². The second kappa shape index (κ2) is 13.8. The van der Waals surface area contributed by atoms with Crippen LogP contribution in [0, 0.1) is 23.2 Å². The molecule has 1 aromatic carbocycles. The molecule has 13 heteroatoms. The van der Waals surface area contributed by atoms with Crippen molar-refractivity contribution in [3.8, 4) is 11.5 Å². The maximum absolute atomic E-state index is 14.5. The average molecular weight is 725 g/mol. The minimum absolute atomic E-state index is 0.00910. The maximum Gasteiger partial charge on any atom is 0.408 e. The van der Waals surface area contributed by atoms with Gasteiger partial charge in [0.25, 0.3) is 0 Å². The molecule has 8 atom stereocenters. The van der Waals surface area contributed by atoms with Crippen LogP contribution in [-0.4, -0.2) is 82.4 Å². The normalized spacial score (nSPS) is 28.4. The quantitative estimate of drug-likeness (QED) is 0.254. The molecular weight excluding hydrogens is 676 g/mol. The molecule has 2 aromatic rings. The molecule has 51 heavy (non-hydrogen) atoms. The number of aliphatic carboxylic acids is 1. The minimum atomic E-state index is -1.39. The SMILES string of the molecule is CC[C@@H]1C[C@]1(NC(=O)[C@@H]1C[C@@H](Oc2cc(C=C(C)C)nc3c(Cl)c(OC)ccc23)CN1C(=O)[C@@H](NC(=O)O[C@@H]1C[C@@H]2C[C@@H]2C1)C(C)(C)C)C(=O)O. The van der Waals surface area contributed by atoms with Gasteiger partial charge >= 0.3 is 12.1 Å². The number of hydrogen-bond acceptors (Lipinski definition) is 8. The predicted octanol–water partition coefficient (Wildman–Crippen LogP) is 5.98. The summed E-state index contributed by atoms with van der Waals surface area (Å²) < 4.78 is 17.8. The number of carbonyl (C=O) groups is 4. The van der Waals surface area contributed by atoms with Gasteiger partial charge in [-0.3, -0.25) is 9.59 Å². The van der Waals surface area contributed by atoms with Crippen molar-refractivity contribution in [2.45, 2.75) is 110 Å². The van der Waals surface area contributed by atoms with Crippen LogP contribution in [0.3, 0.4) is 0 Å².